The number of piperazine rings is 1. The fraction of sp³-hybridized carbons (Fsp3) is 0.706. The standard InChI is InChI=1S/C17H25N3O/c1-2-6-18-15(3-1)10-19-7-8-20-12-17(9-16(20)11-19)21-13-14-4-5-14/h1-3,6,14,16-17H,4-5,7-13H2/t16-,17-/m0/s1. The van der Waals surface area contributed by atoms with Crippen LogP contribution in [0.15, 0.2) is 24.4 Å². The molecule has 4 nitrogen and oxygen atoms in total. The first kappa shape index (κ1) is 13.7. The molecule has 0 amide bonds. The SMILES string of the molecule is c1ccc(CN2CCN3C[C@@H](OCC4CC4)C[C@H]3C2)nc1. The van der Waals surface area contributed by atoms with Crippen LogP contribution in [0.3, 0.4) is 0 Å². The van der Waals surface area contributed by atoms with Gasteiger partial charge < -0.3 is 4.74 Å². The summed E-state index contributed by atoms with van der Waals surface area (Å²) in [7, 11) is 0. The Kier molecular flexibility index (Phi) is 3.93. The molecule has 3 heterocycles. The fourth-order valence-corrected chi connectivity index (χ4v) is 3.60. The van der Waals surface area contributed by atoms with Crippen molar-refractivity contribution in [3.8, 4) is 0 Å². The molecule has 0 aromatic carbocycles. The molecule has 0 N–H and O–H groups in total. The smallest absolute Gasteiger partial charge is 0.0717 e. The summed E-state index contributed by atoms with van der Waals surface area (Å²) in [6.45, 7) is 6.64. The van der Waals surface area contributed by atoms with Crippen molar-refractivity contribution in [2.75, 3.05) is 32.8 Å². The van der Waals surface area contributed by atoms with Crippen molar-refractivity contribution in [2.45, 2.75) is 38.0 Å². The van der Waals surface area contributed by atoms with E-state index in [4.69, 9.17) is 4.74 Å². The Morgan fingerprint density at radius 2 is 2.14 bits per heavy atom. The Labute approximate surface area is 127 Å². The molecule has 1 saturated carbocycles. The van der Waals surface area contributed by atoms with Gasteiger partial charge in [0.2, 0.25) is 0 Å². The predicted octanol–water partition coefficient (Wildman–Crippen LogP) is 1.77. The van der Waals surface area contributed by atoms with Gasteiger partial charge in [-0.2, -0.15) is 0 Å². The lowest BCUT2D eigenvalue weighted by Gasteiger charge is -2.37. The molecule has 2 atom stereocenters. The van der Waals surface area contributed by atoms with Crippen molar-refractivity contribution < 1.29 is 4.74 Å². The number of hydrogen-bond donors (Lipinski definition) is 0. The molecule has 3 fully saturated rings. The third-order valence-corrected chi connectivity index (χ3v) is 5.04. The largest absolute Gasteiger partial charge is 0.377 e. The second kappa shape index (κ2) is 6.03. The lowest BCUT2D eigenvalue weighted by atomic mass is 10.1. The first-order valence-electron chi connectivity index (χ1n) is 8.35. The van der Waals surface area contributed by atoms with Crippen LogP contribution >= 0.6 is 0 Å². The maximum Gasteiger partial charge on any atom is 0.0717 e. The number of fused-ring (bicyclic) bond motifs is 1. The van der Waals surface area contributed by atoms with Gasteiger partial charge >= 0.3 is 0 Å². The minimum atomic E-state index is 0.477. The zero-order valence-corrected chi connectivity index (χ0v) is 12.7. The number of pyridine rings is 1. The fourth-order valence-electron chi connectivity index (χ4n) is 3.60. The van der Waals surface area contributed by atoms with Crippen LogP contribution in [-0.2, 0) is 11.3 Å². The maximum atomic E-state index is 6.10. The van der Waals surface area contributed by atoms with Crippen molar-refractivity contribution >= 4 is 0 Å². The zero-order valence-electron chi connectivity index (χ0n) is 12.7. The first-order chi connectivity index (χ1) is 10.4. The topological polar surface area (TPSA) is 28.6 Å². The number of nitrogens with zero attached hydrogens (tertiary/aromatic N) is 3. The Balaban J connectivity index is 1.28. The highest BCUT2D eigenvalue weighted by Gasteiger charge is 2.37. The normalized spacial score (nSPS) is 30.5. The summed E-state index contributed by atoms with van der Waals surface area (Å²) in [6, 6.07) is 6.88. The molecule has 0 radical (unpaired) electrons. The molecule has 1 aromatic heterocycles. The Hall–Kier alpha value is -0.970. The molecule has 2 saturated heterocycles. The maximum absolute atomic E-state index is 6.10. The van der Waals surface area contributed by atoms with E-state index >= 15 is 0 Å². The molecule has 21 heavy (non-hydrogen) atoms. The van der Waals surface area contributed by atoms with Gasteiger partial charge in [-0.15, -0.1) is 0 Å². The molecule has 114 valence electrons. The first-order valence-corrected chi connectivity index (χ1v) is 8.35. The van der Waals surface area contributed by atoms with Crippen molar-refractivity contribution in [3.05, 3.63) is 30.1 Å². The number of aromatic nitrogens is 1. The molecule has 0 unspecified atom stereocenters. The predicted molar refractivity (Wildman–Crippen MR) is 82.0 cm³/mol. The van der Waals surface area contributed by atoms with Crippen LogP contribution in [-0.4, -0.2) is 59.7 Å². The minimum absolute atomic E-state index is 0.477. The lowest BCUT2D eigenvalue weighted by molar-refractivity contribution is 0.0507. The van der Waals surface area contributed by atoms with E-state index in [1.165, 1.54) is 38.0 Å². The second-order valence-electron chi connectivity index (χ2n) is 6.84. The third kappa shape index (κ3) is 3.44. The molecule has 1 aromatic rings. The van der Waals surface area contributed by atoms with Crippen LogP contribution in [0.5, 0.6) is 0 Å². The van der Waals surface area contributed by atoms with Crippen LogP contribution in [0.25, 0.3) is 0 Å². The van der Waals surface area contributed by atoms with Gasteiger partial charge in [-0.25, -0.2) is 0 Å². The van der Waals surface area contributed by atoms with Crippen LogP contribution in [0.4, 0.5) is 0 Å². The van der Waals surface area contributed by atoms with Crippen LogP contribution in [0.2, 0.25) is 0 Å². The van der Waals surface area contributed by atoms with E-state index < -0.39 is 0 Å². The van der Waals surface area contributed by atoms with Crippen LogP contribution in [0, 0.1) is 5.92 Å². The van der Waals surface area contributed by atoms with Gasteiger partial charge in [0, 0.05) is 51.6 Å². The van der Waals surface area contributed by atoms with E-state index in [0.717, 1.165) is 32.2 Å². The summed E-state index contributed by atoms with van der Waals surface area (Å²) < 4.78 is 6.10. The molecule has 0 spiro atoms. The highest BCUT2D eigenvalue weighted by atomic mass is 16.5. The van der Waals surface area contributed by atoms with E-state index in [1.807, 2.05) is 12.3 Å². The van der Waals surface area contributed by atoms with E-state index in [9.17, 15) is 0 Å². The second-order valence-corrected chi connectivity index (χ2v) is 6.84. The van der Waals surface area contributed by atoms with Gasteiger partial charge in [0.25, 0.3) is 0 Å². The Morgan fingerprint density at radius 3 is 2.95 bits per heavy atom. The minimum Gasteiger partial charge on any atom is -0.377 e. The molecular weight excluding hydrogens is 262 g/mol. The van der Waals surface area contributed by atoms with Gasteiger partial charge in [0.1, 0.15) is 0 Å². The molecule has 4 rings (SSSR count). The van der Waals surface area contributed by atoms with Gasteiger partial charge in [0.05, 0.1) is 11.8 Å². The number of hydrogen-bond acceptors (Lipinski definition) is 4. The molecule has 4 heteroatoms. The average molecular weight is 287 g/mol. The molecule has 2 aliphatic heterocycles. The van der Waals surface area contributed by atoms with Crippen molar-refractivity contribution in [1.29, 1.82) is 0 Å². The van der Waals surface area contributed by atoms with E-state index in [1.54, 1.807) is 0 Å². The van der Waals surface area contributed by atoms with Gasteiger partial charge in [0.15, 0.2) is 0 Å². The summed E-state index contributed by atoms with van der Waals surface area (Å²) in [5.41, 5.74) is 1.19. The molecule has 1 aliphatic carbocycles. The van der Waals surface area contributed by atoms with Gasteiger partial charge in [-0.3, -0.25) is 14.8 Å². The summed E-state index contributed by atoms with van der Waals surface area (Å²) in [5, 5.41) is 0. The monoisotopic (exact) mass is 287 g/mol. The summed E-state index contributed by atoms with van der Waals surface area (Å²) in [5.74, 6) is 0.878. The van der Waals surface area contributed by atoms with Gasteiger partial charge in [-0.05, 0) is 37.3 Å². The van der Waals surface area contributed by atoms with E-state index in [0.29, 0.717) is 12.1 Å². The Morgan fingerprint density at radius 1 is 1.19 bits per heavy atom. The van der Waals surface area contributed by atoms with Crippen LogP contribution in [0.1, 0.15) is 25.0 Å². The summed E-state index contributed by atoms with van der Waals surface area (Å²) in [6.07, 6.45) is 6.36. The number of rotatable bonds is 5. The highest BCUT2D eigenvalue weighted by molar-refractivity contribution is 5.04. The molecule has 3 aliphatic rings. The number of ether oxygens (including phenoxy) is 1. The third-order valence-electron chi connectivity index (χ3n) is 5.04. The highest BCUT2D eigenvalue weighted by Crippen LogP contribution is 2.31. The Bertz CT molecular complexity index is 462. The average Bonchev–Trinajstić information content (AvgIpc) is 3.25. The van der Waals surface area contributed by atoms with Crippen LogP contribution < -0.4 is 0 Å². The lowest BCUT2D eigenvalue weighted by Crippen LogP contribution is -2.49. The van der Waals surface area contributed by atoms with Crippen molar-refractivity contribution in [1.82, 2.24) is 14.8 Å². The summed E-state index contributed by atoms with van der Waals surface area (Å²) in [4.78, 5) is 9.63. The zero-order chi connectivity index (χ0) is 14.1. The van der Waals surface area contributed by atoms with E-state index in [2.05, 4.69) is 26.9 Å². The molecular formula is C17H25N3O. The summed E-state index contributed by atoms with van der Waals surface area (Å²) >= 11 is 0. The van der Waals surface area contributed by atoms with Crippen molar-refractivity contribution in [3.63, 3.8) is 0 Å². The van der Waals surface area contributed by atoms with Gasteiger partial charge in [-0.1, -0.05) is 6.07 Å². The van der Waals surface area contributed by atoms with E-state index in [-0.39, 0.29) is 0 Å². The molecule has 0 bridgehead atoms. The van der Waals surface area contributed by atoms with Crippen molar-refractivity contribution in [2.24, 2.45) is 5.92 Å². The quantitative estimate of drug-likeness (QED) is 0.825.